The highest BCUT2D eigenvalue weighted by atomic mass is 32.1. The highest BCUT2D eigenvalue weighted by Gasteiger charge is 2.09. The Morgan fingerprint density at radius 2 is 2.13 bits per heavy atom. The zero-order valence-corrected chi connectivity index (χ0v) is 9.08. The largest absolute Gasteiger partial charge is 0.497 e. The van der Waals surface area contributed by atoms with E-state index in [0.717, 1.165) is 5.56 Å². The minimum atomic E-state index is 0.0372. The molecule has 0 spiro atoms. The van der Waals surface area contributed by atoms with Crippen LogP contribution >= 0.6 is 11.3 Å². The molecule has 2 nitrogen and oxygen atoms in total. The van der Waals surface area contributed by atoms with Crippen LogP contribution in [0.2, 0.25) is 0 Å². The van der Waals surface area contributed by atoms with Crippen molar-refractivity contribution in [1.29, 1.82) is 0 Å². The van der Waals surface area contributed by atoms with Crippen molar-refractivity contribution < 1.29 is 9.53 Å². The first-order valence-corrected chi connectivity index (χ1v) is 5.46. The first-order valence-electron chi connectivity index (χ1n) is 4.52. The molecule has 2 rings (SSSR count). The average Bonchev–Trinajstić information content (AvgIpc) is 2.81. The van der Waals surface area contributed by atoms with Crippen molar-refractivity contribution >= 4 is 17.1 Å². The molecular formula is C12H10O2S. The average molecular weight is 218 g/mol. The molecule has 15 heavy (non-hydrogen) atoms. The minimum absolute atomic E-state index is 0.0372. The van der Waals surface area contributed by atoms with Gasteiger partial charge in [0.1, 0.15) is 5.75 Å². The van der Waals surface area contributed by atoms with Crippen molar-refractivity contribution in [2.45, 2.75) is 0 Å². The fraction of sp³-hybridized carbons (Fsp3) is 0.0833. The number of rotatable bonds is 3. The van der Waals surface area contributed by atoms with Crippen molar-refractivity contribution in [3.63, 3.8) is 0 Å². The molecule has 3 heteroatoms. The van der Waals surface area contributed by atoms with E-state index in [4.69, 9.17) is 4.74 Å². The molecule has 0 unspecified atom stereocenters. The first-order chi connectivity index (χ1) is 7.31. The number of ether oxygens (including phenoxy) is 1. The van der Waals surface area contributed by atoms with Crippen LogP contribution < -0.4 is 4.74 Å². The summed E-state index contributed by atoms with van der Waals surface area (Å²) in [4.78, 5) is 11.9. The maximum Gasteiger partial charge on any atom is 0.193 e. The molecule has 1 aromatic heterocycles. The Labute approximate surface area is 92.1 Å². The molecule has 76 valence electrons. The lowest BCUT2D eigenvalue weighted by molar-refractivity contribution is 0.103. The fourth-order valence-electron chi connectivity index (χ4n) is 1.32. The second kappa shape index (κ2) is 4.28. The van der Waals surface area contributed by atoms with E-state index in [-0.39, 0.29) is 5.78 Å². The summed E-state index contributed by atoms with van der Waals surface area (Å²) < 4.78 is 5.07. The van der Waals surface area contributed by atoms with E-state index in [1.54, 1.807) is 19.2 Å². The van der Waals surface area contributed by atoms with Crippen molar-refractivity contribution in [3.8, 4) is 5.75 Å². The van der Waals surface area contributed by atoms with Crippen LogP contribution in [0.25, 0.3) is 0 Å². The van der Waals surface area contributed by atoms with E-state index in [0.29, 0.717) is 11.3 Å². The normalized spacial score (nSPS) is 9.93. The van der Waals surface area contributed by atoms with Crippen LogP contribution in [0, 0.1) is 0 Å². The van der Waals surface area contributed by atoms with E-state index in [1.807, 2.05) is 29.0 Å². The third-order valence-electron chi connectivity index (χ3n) is 2.12. The van der Waals surface area contributed by atoms with Gasteiger partial charge in [0.15, 0.2) is 5.78 Å². The maximum atomic E-state index is 11.9. The maximum absolute atomic E-state index is 11.9. The molecule has 0 amide bonds. The fourth-order valence-corrected chi connectivity index (χ4v) is 1.96. The van der Waals surface area contributed by atoms with Gasteiger partial charge in [-0.2, -0.15) is 11.3 Å². The molecule has 0 bridgehead atoms. The molecule has 1 aromatic carbocycles. The molecule has 0 N–H and O–H groups in total. The van der Waals surface area contributed by atoms with E-state index in [1.165, 1.54) is 11.3 Å². The van der Waals surface area contributed by atoms with Crippen molar-refractivity contribution in [3.05, 3.63) is 52.2 Å². The van der Waals surface area contributed by atoms with Crippen LogP contribution in [0.3, 0.4) is 0 Å². The standard InChI is InChI=1S/C12H10O2S/c1-14-11-4-2-3-9(7-11)12(13)10-5-6-15-8-10/h2-8H,1H3. The van der Waals surface area contributed by atoms with E-state index in [9.17, 15) is 4.79 Å². The Morgan fingerprint density at radius 3 is 2.80 bits per heavy atom. The molecule has 0 aliphatic heterocycles. The molecular weight excluding hydrogens is 208 g/mol. The van der Waals surface area contributed by atoms with Gasteiger partial charge in [0.2, 0.25) is 0 Å². The first kappa shape index (κ1) is 9.93. The molecule has 0 aliphatic rings. The monoisotopic (exact) mass is 218 g/mol. The van der Waals surface area contributed by atoms with Gasteiger partial charge in [0.05, 0.1) is 7.11 Å². The highest BCUT2D eigenvalue weighted by molar-refractivity contribution is 7.08. The third-order valence-corrected chi connectivity index (χ3v) is 2.80. The smallest absolute Gasteiger partial charge is 0.193 e. The lowest BCUT2D eigenvalue weighted by atomic mass is 10.1. The summed E-state index contributed by atoms with van der Waals surface area (Å²) in [6.07, 6.45) is 0. The summed E-state index contributed by atoms with van der Waals surface area (Å²) >= 11 is 1.52. The summed E-state index contributed by atoms with van der Waals surface area (Å²) in [5.74, 6) is 0.742. The van der Waals surface area contributed by atoms with Gasteiger partial charge in [-0.1, -0.05) is 12.1 Å². The number of ketones is 1. The van der Waals surface area contributed by atoms with Gasteiger partial charge in [-0.25, -0.2) is 0 Å². The summed E-state index contributed by atoms with van der Waals surface area (Å²) in [7, 11) is 1.59. The van der Waals surface area contributed by atoms with Crippen LogP contribution in [0.1, 0.15) is 15.9 Å². The van der Waals surface area contributed by atoms with Crippen LogP contribution in [0.5, 0.6) is 5.75 Å². The quantitative estimate of drug-likeness (QED) is 0.740. The van der Waals surface area contributed by atoms with Crippen LogP contribution in [-0.4, -0.2) is 12.9 Å². The van der Waals surface area contributed by atoms with Crippen molar-refractivity contribution in [2.75, 3.05) is 7.11 Å². The Kier molecular flexibility index (Phi) is 2.83. The van der Waals surface area contributed by atoms with Crippen molar-refractivity contribution in [1.82, 2.24) is 0 Å². The van der Waals surface area contributed by atoms with Crippen LogP contribution in [0.15, 0.2) is 41.1 Å². The molecule has 0 radical (unpaired) electrons. The van der Waals surface area contributed by atoms with Gasteiger partial charge in [-0.15, -0.1) is 0 Å². The third kappa shape index (κ3) is 2.07. The number of carbonyl (C=O) groups is 1. The van der Waals surface area contributed by atoms with Gasteiger partial charge in [-0.3, -0.25) is 4.79 Å². The zero-order valence-electron chi connectivity index (χ0n) is 8.27. The zero-order chi connectivity index (χ0) is 10.7. The van der Waals surface area contributed by atoms with Gasteiger partial charge in [-0.05, 0) is 23.6 Å². The van der Waals surface area contributed by atoms with Crippen LogP contribution in [-0.2, 0) is 0 Å². The summed E-state index contributed by atoms with van der Waals surface area (Å²) in [5, 5.41) is 3.75. The highest BCUT2D eigenvalue weighted by Crippen LogP contribution is 2.17. The van der Waals surface area contributed by atoms with Gasteiger partial charge < -0.3 is 4.74 Å². The second-order valence-corrected chi connectivity index (χ2v) is 3.85. The number of hydrogen-bond donors (Lipinski definition) is 0. The molecule has 0 atom stereocenters. The number of benzene rings is 1. The van der Waals surface area contributed by atoms with E-state index >= 15 is 0 Å². The minimum Gasteiger partial charge on any atom is -0.497 e. The number of carbonyl (C=O) groups excluding carboxylic acids is 1. The molecule has 0 saturated heterocycles. The number of hydrogen-bond acceptors (Lipinski definition) is 3. The molecule has 0 fully saturated rings. The Morgan fingerprint density at radius 1 is 1.27 bits per heavy atom. The Balaban J connectivity index is 2.34. The Bertz CT molecular complexity index is 460. The molecule has 2 aromatic rings. The van der Waals surface area contributed by atoms with E-state index in [2.05, 4.69) is 0 Å². The lowest BCUT2D eigenvalue weighted by Crippen LogP contribution is -1.99. The number of methoxy groups -OCH3 is 1. The van der Waals surface area contributed by atoms with Gasteiger partial charge in [0, 0.05) is 16.5 Å². The molecule has 0 aliphatic carbocycles. The molecule has 1 heterocycles. The summed E-state index contributed by atoms with van der Waals surface area (Å²) in [6, 6.07) is 9.01. The van der Waals surface area contributed by atoms with Gasteiger partial charge in [0.25, 0.3) is 0 Å². The van der Waals surface area contributed by atoms with Crippen molar-refractivity contribution in [2.24, 2.45) is 0 Å². The lowest BCUT2D eigenvalue weighted by Gasteiger charge is -2.02. The number of thiophene rings is 1. The predicted molar refractivity (Wildman–Crippen MR) is 60.7 cm³/mol. The van der Waals surface area contributed by atoms with E-state index < -0.39 is 0 Å². The summed E-state index contributed by atoms with van der Waals surface area (Å²) in [5.41, 5.74) is 1.39. The Hall–Kier alpha value is -1.61. The topological polar surface area (TPSA) is 26.3 Å². The predicted octanol–water partition coefficient (Wildman–Crippen LogP) is 2.99. The van der Waals surface area contributed by atoms with Crippen LogP contribution in [0.4, 0.5) is 0 Å². The van der Waals surface area contributed by atoms with Gasteiger partial charge >= 0.3 is 0 Å². The second-order valence-electron chi connectivity index (χ2n) is 3.07. The molecule has 0 saturated carbocycles. The summed E-state index contributed by atoms with van der Waals surface area (Å²) in [6.45, 7) is 0. The SMILES string of the molecule is COc1cccc(C(=O)c2ccsc2)c1.